The Hall–Kier alpha value is -2.66. The highest BCUT2D eigenvalue weighted by atomic mass is 32.1. The molecule has 24 heavy (non-hydrogen) atoms. The molecule has 0 fully saturated rings. The third-order valence-electron chi connectivity index (χ3n) is 3.83. The van der Waals surface area contributed by atoms with Crippen molar-refractivity contribution in [3.63, 3.8) is 0 Å². The zero-order chi connectivity index (χ0) is 16.9. The smallest absolute Gasteiger partial charge is 0.326 e. The molecule has 122 valence electrons. The average molecular weight is 339 g/mol. The largest absolute Gasteiger partial charge is 0.480 e. The first-order valence-corrected chi connectivity index (χ1v) is 8.52. The van der Waals surface area contributed by atoms with Crippen LogP contribution in [-0.2, 0) is 22.4 Å². The van der Waals surface area contributed by atoms with Gasteiger partial charge in [-0.1, -0.05) is 48.5 Å². The van der Waals surface area contributed by atoms with Crippen LogP contribution in [0.4, 0.5) is 0 Å². The predicted molar refractivity (Wildman–Crippen MR) is 95.2 cm³/mol. The minimum Gasteiger partial charge on any atom is -0.480 e. The third-order valence-corrected chi connectivity index (χ3v) is 4.84. The molecule has 0 aliphatic rings. The standard InChI is InChI=1S/C19H17NO3S/c21-18(11-14-12-24-17-9-5-4-8-15(14)17)20-16(19(22)23)10-13-6-2-1-3-7-13/h1-9,12,16H,10-11H2,(H,20,21)(H,22,23)/t16-/m0/s1. The number of amides is 1. The van der Waals surface area contributed by atoms with Gasteiger partial charge in [-0.2, -0.15) is 0 Å². The van der Waals surface area contributed by atoms with Crippen LogP contribution in [0.25, 0.3) is 10.1 Å². The van der Waals surface area contributed by atoms with Crippen LogP contribution < -0.4 is 5.32 Å². The second-order valence-electron chi connectivity index (χ2n) is 5.58. The van der Waals surface area contributed by atoms with Gasteiger partial charge in [-0.3, -0.25) is 4.79 Å². The molecular formula is C19H17NO3S. The van der Waals surface area contributed by atoms with Crippen molar-refractivity contribution in [2.45, 2.75) is 18.9 Å². The van der Waals surface area contributed by atoms with Crippen molar-refractivity contribution in [1.29, 1.82) is 0 Å². The topological polar surface area (TPSA) is 66.4 Å². The number of thiophene rings is 1. The van der Waals surface area contributed by atoms with Crippen LogP contribution in [-0.4, -0.2) is 23.0 Å². The molecule has 0 saturated heterocycles. The Labute approximate surface area is 143 Å². The van der Waals surface area contributed by atoms with Gasteiger partial charge in [0, 0.05) is 11.1 Å². The molecule has 4 nitrogen and oxygen atoms in total. The monoisotopic (exact) mass is 339 g/mol. The van der Waals surface area contributed by atoms with E-state index in [-0.39, 0.29) is 18.7 Å². The van der Waals surface area contributed by atoms with Gasteiger partial charge in [0.15, 0.2) is 0 Å². The summed E-state index contributed by atoms with van der Waals surface area (Å²) in [5.41, 5.74) is 1.81. The van der Waals surface area contributed by atoms with Crippen LogP contribution in [0, 0.1) is 0 Å². The van der Waals surface area contributed by atoms with Gasteiger partial charge in [-0.25, -0.2) is 4.79 Å². The first-order valence-electron chi connectivity index (χ1n) is 7.64. The Morgan fingerprint density at radius 1 is 1.04 bits per heavy atom. The van der Waals surface area contributed by atoms with Crippen molar-refractivity contribution in [3.8, 4) is 0 Å². The van der Waals surface area contributed by atoms with Crippen LogP contribution in [0.3, 0.4) is 0 Å². The number of fused-ring (bicyclic) bond motifs is 1. The Balaban J connectivity index is 1.68. The Morgan fingerprint density at radius 3 is 2.50 bits per heavy atom. The summed E-state index contributed by atoms with van der Waals surface area (Å²) in [6.07, 6.45) is 0.453. The first kappa shape index (κ1) is 16.2. The van der Waals surface area contributed by atoms with Crippen LogP contribution in [0.2, 0.25) is 0 Å². The van der Waals surface area contributed by atoms with Gasteiger partial charge in [0.25, 0.3) is 0 Å². The van der Waals surface area contributed by atoms with Crippen LogP contribution in [0.15, 0.2) is 60.0 Å². The molecule has 0 saturated carbocycles. The van der Waals surface area contributed by atoms with Crippen molar-refractivity contribution >= 4 is 33.3 Å². The number of hydrogen-bond donors (Lipinski definition) is 2. The summed E-state index contributed by atoms with van der Waals surface area (Å²) in [7, 11) is 0. The number of nitrogens with one attached hydrogen (secondary N) is 1. The van der Waals surface area contributed by atoms with E-state index in [9.17, 15) is 14.7 Å². The minimum absolute atomic E-state index is 0.183. The fourth-order valence-corrected chi connectivity index (χ4v) is 3.60. The SMILES string of the molecule is O=C(Cc1csc2ccccc12)N[C@@H](Cc1ccccc1)C(=O)O. The van der Waals surface area contributed by atoms with Gasteiger partial charge in [0.2, 0.25) is 5.91 Å². The highest BCUT2D eigenvalue weighted by molar-refractivity contribution is 7.17. The van der Waals surface area contributed by atoms with Crippen molar-refractivity contribution in [1.82, 2.24) is 5.32 Å². The van der Waals surface area contributed by atoms with Crippen LogP contribution >= 0.6 is 11.3 Å². The quantitative estimate of drug-likeness (QED) is 0.724. The molecule has 0 spiro atoms. The van der Waals surface area contributed by atoms with Crippen LogP contribution in [0.5, 0.6) is 0 Å². The lowest BCUT2D eigenvalue weighted by atomic mass is 10.1. The fraction of sp³-hybridized carbons (Fsp3) is 0.158. The summed E-state index contributed by atoms with van der Waals surface area (Å²) in [4.78, 5) is 23.7. The zero-order valence-electron chi connectivity index (χ0n) is 12.9. The zero-order valence-corrected chi connectivity index (χ0v) is 13.8. The fourth-order valence-electron chi connectivity index (χ4n) is 2.64. The molecule has 2 aromatic carbocycles. The highest BCUT2D eigenvalue weighted by Crippen LogP contribution is 2.25. The molecule has 1 heterocycles. The van der Waals surface area contributed by atoms with E-state index in [0.717, 1.165) is 21.2 Å². The summed E-state index contributed by atoms with van der Waals surface area (Å²) in [6.45, 7) is 0. The summed E-state index contributed by atoms with van der Waals surface area (Å²) in [5.74, 6) is -1.30. The Bertz CT molecular complexity index is 857. The van der Waals surface area contributed by atoms with E-state index in [2.05, 4.69) is 5.32 Å². The number of benzene rings is 2. The lowest BCUT2D eigenvalue weighted by molar-refractivity contribution is -0.141. The molecule has 0 unspecified atom stereocenters. The van der Waals surface area contributed by atoms with Crippen molar-refractivity contribution in [2.24, 2.45) is 0 Å². The van der Waals surface area contributed by atoms with E-state index < -0.39 is 12.0 Å². The number of hydrogen-bond acceptors (Lipinski definition) is 3. The second kappa shape index (κ2) is 7.27. The number of aliphatic carboxylic acids is 1. The van der Waals surface area contributed by atoms with E-state index in [0.29, 0.717) is 0 Å². The molecule has 3 rings (SSSR count). The van der Waals surface area contributed by atoms with Gasteiger partial charge in [-0.15, -0.1) is 11.3 Å². The van der Waals surface area contributed by atoms with Crippen LogP contribution in [0.1, 0.15) is 11.1 Å². The number of carbonyl (C=O) groups excluding carboxylic acids is 1. The van der Waals surface area contributed by atoms with Gasteiger partial charge in [0.1, 0.15) is 6.04 Å². The minimum atomic E-state index is -1.03. The van der Waals surface area contributed by atoms with Crippen molar-refractivity contribution in [3.05, 3.63) is 71.1 Å². The molecule has 1 atom stereocenters. The average Bonchev–Trinajstić information content (AvgIpc) is 2.98. The maximum absolute atomic E-state index is 12.3. The first-order chi connectivity index (χ1) is 11.6. The van der Waals surface area contributed by atoms with E-state index in [4.69, 9.17) is 0 Å². The number of carboxylic acid groups (broad SMARTS) is 1. The summed E-state index contributed by atoms with van der Waals surface area (Å²) in [6, 6.07) is 16.3. The molecular weight excluding hydrogens is 322 g/mol. The molecule has 3 aromatic rings. The molecule has 2 N–H and O–H groups in total. The van der Waals surface area contributed by atoms with Gasteiger partial charge in [-0.05, 0) is 28.0 Å². The lowest BCUT2D eigenvalue weighted by Crippen LogP contribution is -2.43. The summed E-state index contributed by atoms with van der Waals surface area (Å²) < 4.78 is 1.12. The molecule has 0 bridgehead atoms. The van der Waals surface area contributed by atoms with E-state index in [1.165, 1.54) is 0 Å². The third kappa shape index (κ3) is 3.81. The number of rotatable bonds is 6. The normalized spacial score (nSPS) is 12.0. The highest BCUT2D eigenvalue weighted by Gasteiger charge is 2.21. The van der Waals surface area contributed by atoms with E-state index in [1.54, 1.807) is 11.3 Å². The Kier molecular flexibility index (Phi) is 4.91. The van der Waals surface area contributed by atoms with E-state index >= 15 is 0 Å². The predicted octanol–water partition coefficient (Wildman–Crippen LogP) is 3.26. The number of carbonyl (C=O) groups is 2. The maximum Gasteiger partial charge on any atom is 0.326 e. The van der Waals surface area contributed by atoms with Crippen molar-refractivity contribution < 1.29 is 14.7 Å². The van der Waals surface area contributed by atoms with Gasteiger partial charge < -0.3 is 10.4 Å². The summed E-state index contributed by atoms with van der Waals surface area (Å²) in [5, 5.41) is 15.0. The molecule has 5 heteroatoms. The van der Waals surface area contributed by atoms with Crippen molar-refractivity contribution in [2.75, 3.05) is 0 Å². The number of carboxylic acids is 1. The molecule has 0 aliphatic carbocycles. The Morgan fingerprint density at radius 2 is 1.75 bits per heavy atom. The summed E-state index contributed by atoms with van der Waals surface area (Å²) >= 11 is 1.59. The molecule has 0 aliphatic heterocycles. The second-order valence-corrected chi connectivity index (χ2v) is 6.49. The molecule has 1 amide bonds. The van der Waals surface area contributed by atoms with E-state index in [1.807, 2.05) is 60.0 Å². The van der Waals surface area contributed by atoms with Gasteiger partial charge in [0.05, 0.1) is 6.42 Å². The van der Waals surface area contributed by atoms with Gasteiger partial charge >= 0.3 is 5.97 Å². The molecule has 1 aromatic heterocycles. The lowest BCUT2D eigenvalue weighted by Gasteiger charge is -2.14. The molecule has 0 radical (unpaired) electrons. The maximum atomic E-state index is 12.3.